The Kier molecular flexibility index (Phi) is 8.15. The highest BCUT2D eigenvalue weighted by Crippen LogP contribution is 2.04. The van der Waals surface area contributed by atoms with E-state index in [0.29, 0.717) is 17.0 Å². The van der Waals surface area contributed by atoms with Crippen molar-refractivity contribution in [1.29, 1.82) is 0 Å². The Morgan fingerprint density at radius 1 is 1.39 bits per heavy atom. The molecule has 0 amide bonds. The molecule has 4 N–H and O–H groups in total. The summed E-state index contributed by atoms with van der Waals surface area (Å²) in [5.74, 6) is 0. The molecule has 18 heavy (non-hydrogen) atoms. The van der Waals surface area contributed by atoms with Gasteiger partial charge < -0.3 is 11.1 Å². The maximum absolute atomic E-state index is 11.8. The van der Waals surface area contributed by atoms with Gasteiger partial charge in [0.15, 0.2) is 0 Å². The van der Waals surface area contributed by atoms with E-state index in [4.69, 9.17) is 5.73 Å². The van der Waals surface area contributed by atoms with E-state index < -0.39 is 10.0 Å². The van der Waals surface area contributed by atoms with Crippen LogP contribution in [-0.4, -0.2) is 22.0 Å². The number of allylic oxidation sites excluding steroid dienone is 4. The first kappa shape index (κ1) is 16.7. The quantitative estimate of drug-likeness (QED) is 0.580. The largest absolute Gasteiger partial charge is 0.401 e. The molecule has 104 valence electrons. The van der Waals surface area contributed by atoms with Crippen LogP contribution >= 0.6 is 0 Å². The molecule has 0 saturated carbocycles. The van der Waals surface area contributed by atoms with Gasteiger partial charge in [0.1, 0.15) is 0 Å². The molecule has 0 aliphatic rings. The molecule has 6 heteroatoms. The van der Waals surface area contributed by atoms with Gasteiger partial charge in [-0.25, -0.2) is 13.1 Å². The second-order valence-corrected chi connectivity index (χ2v) is 5.71. The van der Waals surface area contributed by atoms with Gasteiger partial charge in [0.2, 0.25) is 10.0 Å². The summed E-state index contributed by atoms with van der Waals surface area (Å²) in [5, 5.41) is 2.79. The highest BCUT2D eigenvalue weighted by Gasteiger charge is 2.11. The molecule has 0 fully saturated rings. The van der Waals surface area contributed by atoms with Crippen molar-refractivity contribution in [3.8, 4) is 0 Å². The molecule has 0 bridgehead atoms. The Bertz CT molecular complexity index is 423. The minimum atomic E-state index is -3.39. The molecule has 5 nitrogen and oxygen atoms in total. The van der Waals surface area contributed by atoms with Gasteiger partial charge in [0, 0.05) is 31.9 Å². The molecule has 0 aromatic heterocycles. The van der Waals surface area contributed by atoms with Crippen molar-refractivity contribution in [3.05, 3.63) is 35.0 Å². The summed E-state index contributed by atoms with van der Waals surface area (Å²) < 4.78 is 26.0. The van der Waals surface area contributed by atoms with Crippen LogP contribution in [0.25, 0.3) is 0 Å². The molecule has 0 spiro atoms. The van der Waals surface area contributed by atoms with Gasteiger partial charge in [-0.2, -0.15) is 0 Å². The van der Waals surface area contributed by atoms with Gasteiger partial charge >= 0.3 is 0 Å². The number of hydrogen-bond donors (Lipinski definition) is 3. The first-order valence-electron chi connectivity index (χ1n) is 5.89. The lowest BCUT2D eigenvalue weighted by atomic mass is 10.3. The van der Waals surface area contributed by atoms with Gasteiger partial charge in [0.25, 0.3) is 0 Å². The fourth-order valence-electron chi connectivity index (χ4n) is 1.13. The van der Waals surface area contributed by atoms with Crippen molar-refractivity contribution in [3.63, 3.8) is 0 Å². The number of nitrogens with one attached hydrogen (secondary N) is 2. The molecular formula is C12H23N3O2S. The Balaban J connectivity index is 4.36. The van der Waals surface area contributed by atoms with Gasteiger partial charge in [-0.05, 0) is 19.4 Å². The minimum absolute atomic E-state index is 0.287. The smallest absolute Gasteiger partial charge is 0.236 e. The standard InChI is InChI=1S/C12H23N3O2S/c1-4-5-6-7-11(2)18(16,17)15-9-8-12(13)10-14-3/h5-7,10,14-15H,4,8-9,13H2,1-3H3/b6-5-,11-7+,12-10-. The van der Waals surface area contributed by atoms with Gasteiger partial charge in [0.05, 0.1) is 4.91 Å². The van der Waals surface area contributed by atoms with Crippen molar-refractivity contribution >= 4 is 10.0 Å². The van der Waals surface area contributed by atoms with Gasteiger partial charge in [-0.15, -0.1) is 0 Å². The van der Waals surface area contributed by atoms with E-state index >= 15 is 0 Å². The fourth-order valence-corrected chi connectivity index (χ4v) is 1.99. The van der Waals surface area contributed by atoms with Crippen molar-refractivity contribution in [1.82, 2.24) is 10.0 Å². The highest BCUT2D eigenvalue weighted by atomic mass is 32.2. The number of sulfonamides is 1. The van der Waals surface area contributed by atoms with Crippen LogP contribution in [0.4, 0.5) is 0 Å². The molecule has 0 atom stereocenters. The molecule has 0 saturated heterocycles. The number of rotatable bonds is 8. The summed E-state index contributed by atoms with van der Waals surface area (Å²) >= 11 is 0. The second-order valence-electron chi connectivity index (χ2n) is 3.77. The summed E-state index contributed by atoms with van der Waals surface area (Å²) in [6, 6.07) is 0. The molecule has 0 aromatic carbocycles. The molecule has 0 heterocycles. The van der Waals surface area contributed by atoms with E-state index in [-0.39, 0.29) is 6.54 Å². The topological polar surface area (TPSA) is 84.2 Å². The third-order valence-electron chi connectivity index (χ3n) is 2.16. The van der Waals surface area contributed by atoms with Crippen LogP contribution in [0.15, 0.2) is 35.0 Å². The van der Waals surface area contributed by atoms with Crippen LogP contribution in [0.2, 0.25) is 0 Å². The highest BCUT2D eigenvalue weighted by molar-refractivity contribution is 7.93. The first-order chi connectivity index (χ1) is 8.44. The molecular weight excluding hydrogens is 250 g/mol. The lowest BCUT2D eigenvalue weighted by Crippen LogP contribution is -2.26. The summed E-state index contributed by atoms with van der Waals surface area (Å²) in [4.78, 5) is 0.295. The predicted molar refractivity (Wildman–Crippen MR) is 76.1 cm³/mol. The molecule has 0 aliphatic carbocycles. The molecule has 0 rings (SSSR count). The Hall–Kier alpha value is -1.27. The molecule has 0 unspecified atom stereocenters. The van der Waals surface area contributed by atoms with Crippen LogP contribution in [-0.2, 0) is 10.0 Å². The summed E-state index contributed by atoms with van der Waals surface area (Å²) in [5.41, 5.74) is 6.23. The van der Waals surface area contributed by atoms with E-state index in [1.165, 1.54) is 0 Å². The van der Waals surface area contributed by atoms with Crippen molar-refractivity contribution in [2.45, 2.75) is 26.7 Å². The first-order valence-corrected chi connectivity index (χ1v) is 7.37. The van der Waals surface area contributed by atoms with Crippen LogP contribution in [0.3, 0.4) is 0 Å². The third kappa shape index (κ3) is 7.13. The number of hydrogen-bond acceptors (Lipinski definition) is 4. The Morgan fingerprint density at radius 3 is 2.61 bits per heavy atom. The van der Waals surface area contributed by atoms with Crippen LogP contribution in [0.1, 0.15) is 26.7 Å². The SMILES string of the molecule is CC/C=C\C=C(/C)S(=O)(=O)NCC/C(N)=C/NC. The summed E-state index contributed by atoms with van der Waals surface area (Å²) in [7, 11) is -1.65. The van der Waals surface area contributed by atoms with Crippen molar-refractivity contribution < 1.29 is 8.42 Å². The van der Waals surface area contributed by atoms with E-state index in [1.54, 1.807) is 32.3 Å². The van der Waals surface area contributed by atoms with Crippen LogP contribution < -0.4 is 15.8 Å². The monoisotopic (exact) mass is 273 g/mol. The zero-order valence-corrected chi connectivity index (χ0v) is 12.0. The number of nitrogens with two attached hydrogens (primary N) is 1. The third-order valence-corrected chi connectivity index (χ3v) is 3.73. The van der Waals surface area contributed by atoms with Crippen molar-refractivity contribution in [2.75, 3.05) is 13.6 Å². The van der Waals surface area contributed by atoms with E-state index in [0.717, 1.165) is 6.42 Å². The average molecular weight is 273 g/mol. The van der Waals surface area contributed by atoms with Gasteiger partial charge in [-0.1, -0.05) is 19.1 Å². The molecule has 0 radical (unpaired) electrons. The van der Waals surface area contributed by atoms with E-state index in [9.17, 15) is 8.42 Å². The predicted octanol–water partition coefficient (Wildman–Crippen LogP) is 1.19. The van der Waals surface area contributed by atoms with Crippen molar-refractivity contribution in [2.24, 2.45) is 5.73 Å². The fraction of sp³-hybridized carbons (Fsp3) is 0.500. The second kappa shape index (κ2) is 8.77. The summed E-state index contributed by atoms with van der Waals surface area (Å²) in [6.45, 7) is 3.84. The normalized spacial score (nSPS) is 14.2. The minimum Gasteiger partial charge on any atom is -0.401 e. The maximum atomic E-state index is 11.8. The Morgan fingerprint density at radius 2 is 2.06 bits per heavy atom. The van der Waals surface area contributed by atoms with Gasteiger partial charge in [-0.3, -0.25) is 0 Å². The lowest BCUT2D eigenvalue weighted by Gasteiger charge is -2.06. The Labute approximate surface area is 110 Å². The lowest BCUT2D eigenvalue weighted by molar-refractivity contribution is 0.587. The molecule has 0 aliphatic heterocycles. The van der Waals surface area contributed by atoms with E-state index in [2.05, 4.69) is 10.0 Å². The maximum Gasteiger partial charge on any atom is 0.236 e. The van der Waals surface area contributed by atoms with Crippen LogP contribution in [0, 0.1) is 0 Å². The average Bonchev–Trinajstić information content (AvgIpc) is 2.29. The molecule has 0 aromatic rings. The zero-order valence-electron chi connectivity index (χ0n) is 11.2. The van der Waals surface area contributed by atoms with E-state index in [1.807, 2.05) is 13.0 Å². The van der Waals surface area contributed by atoms with Crippen LogP contribution in [0.5, 0.6) is 0 Å². The summed E-state index contributed by atoms with van der Waals surface area (Å²) in [6.07, 6.45) is 8.21. The zero-order chi connectivity index (χ0) is 14.0.